The smallest absolute Gasteiger partial charge is 0.249 e. The minimum Gasteiger partial charge on any atom is -0.378 e. The van der Waals surface area contributed by atoms with Crippen molar-refractivity contribution < 1.29 is 9.53 Å². The number of primary amides is 1. The summed E-state index contributed by atoms with van der Waals surface area (Å²) in [5, 5.41) is 0. The van der Waals surface area contributed by atoms with E-state index in [4.69, 9.17) is 10.5 Å². The Hall–Kier alpha value is -2.33. The maximum absolute atomic E-state index is 11.6. The zero-order chi connectivity index (χ0) is 14.7. The number of ether oxygens (including phenoxy) is 1. The first-order valence-corrected chi connectivity index (χ1v) is 7.07. The molecule has 0 unspecified atom stereocenters. The number of nitrogens with two attached hydrogens (primary N) is 1. The molecule has 0 aliphatic carbocycles. The van der Waals surface area contributed by atoms with E-state index in [0.29, 0.717) is 5.56 Å². The number of hydrogen-bond donors (Lipinski definition) is 1. The highest BCUT2D eigenvalue weighted by atomic mass is 16.5. The Morgan fingerprint density at radius 1 is 1.05 bits per heavy atom. The summed E-state index contributed by atoms with van der Waals surface area (Å²) in [5.41, 5.74) is 9.05. The van der Waals surface area contributed by atoms with Crippen LogP contribution in [0.1, 0.15) is 10.4 Å². The van der Waals surface area contributed by atoms with Gasteiger partial charge in [0.2, 0.25) is 5.91 Å². The van der Waals surface area contributed by atoms with E-state index in [9.17, 15) is 4.79 Å². The Morgan fingerprint density at radius 2 is 1.81 bits per heavy atom. The molecule has 2 aromatic rings. The Kier molecular flexibility index (Phi) is 3.88. The standard InChI is InChI=1S/C17H18N2O2/c18-17(20)16-7-2-1-6-15(16)13-4-3-5-14(12-13)19-8-10-21-11-9-19/h1-7,12H,8-11H2,(H2,18,20). The highest BCUT2D eigenvalue weighted by molar-refractivity contribution is 6.00. The van der Waals surface area contributed by atoms with Gasteiger partial charge in [0.15, 0.2) is 0 Å². The minimum absolute atomic E-state index is 0.401. The molecule has 1 heterocycles. The zero-order valence-electron chi connectivity index (χ0n) is 11.8. The topological polar surface area (TPSA) is 55.6 Å². The molecule has 1 aliphatic rings. The van der Waals surface area contributed by atoms with Crippen LogP contribution in [0.2, 0.25) is 0 Å². The summed E-state index contributed by atoms with van der Waals surface area (Å²) >= 11 is 0. The van der Waals surface area contributed by atoms with Gasteiger partial charge < -0.3 is 15.4 Å². The fourth-order valence-corrected chi connectivity index (χ4v) is 2.64. The van der Waals surface area contributed by atoms with Crippen LogP contribution in [0.3, 0.4) is 0 Å². The molecule has 3 rings (SSSR count). The van der Waals surface area contributed by atoms with Crippen LogP contribution >= 0.6 is 0 Å². The second-order valence-electron chi connectivity index (χ2n) is 5.06. The average molecular weight is 282 g/mol. The van der Waals surface area contributed by atoms with E-state index in [1.165, 1.54) is 0 Å². The third-order valence-electron chi connectivity index (χ3n) is 3.73. The monoisotopic (exact) mass is 282 g/mol. The lowest BCUT2D eigenvalue weighted by atomic mass is 9.98. The lowest BCUT2D eigenvalue weighted by molar-refractivity contribution is 0.100. The first-order valence-electron chi connectivity index (χ1n) is 7.07. The van der Waals surface area contributed by atoms with E-state index in [-0.39, 0.29) is 0 Å². The van der Waals surface area contributed by atoms with Crippen molar-refractivity contribution in [2.45, 2.75) is 0 Å². The molecule has 0 spiro atoms. The van der Waals surface area contributed by atoms with Crippen LogP contribution < -0.4 is 10.6 Å². The molecule has 0 atom stereocenters. The summed E-state index contributed by atoms with van der Waals surface area (Å²) in [4.78, 5) is 13.9. The fourth-order valence-electron chi connectivity index (χ4n) is 2.64. The van der Waals surface area contributed by atoms with Gasteiger partial charge in [-0.15, -0.1) is 0 Å². The van der Waals surface area contributed by atoms with Gasteiger partial charge >= 0.3 is 0 Å². The number of benzene rings is 2. The highest BCUT2D eigenvalue weighted by Crippen LogP contribution is 2.27. The molecule has 21 heavy (non-hydrogen) atoms. The fraction of sp³-hybridized carbons (Fsp3) is 0.235. The number of rotatable bonds is 3. The molecule has 0 aromatic heterocycles. The summed E-state index contributed by atoms with van der Waals surface area (Å²) in [6.07, 6.45) is 0. The second kappa shape index (κ2) is 5.97. The van der Waals surface area contributed by atoms with Crippen LogP contribution in [0, 0.1) is 0 Å². The van der Waals surface area contributed by atoms with Crippen LogP contribution in [-0.2, 0) is 4.74 Å². The van der Waals surface area contributed by atoms with Crippen molar-refractivity contribution in [3.05, 3.63) is 54.1 Å². The van der Waals surface area contributed by atoms with Gasteiger partial charge in [-0.2, -0.15) is 0 Å². The molecule has 108 valence electrons. The van der Waals surface area contributed by atoms with E-state index in [0.717, 1.165) is 43.1 Å². The van der Waals surface area contributed by atoms with Gasteiger partial charge in [-0.05, 0) is 29.3 Å². The van der Waals surface area contributed by atoms with Gasteiger partial charge in [-0.3, -0.25) is 4.79 Å². The van der Waals surface area contributed by atoms with Crippen molar-refractivity contribution in [3.8, 4) is 11.1 Å². The summed E-state index contributed by atoms with van der Waals surface area (Å²) in [5.74, 6) is -0.401. The number of anilines is 1. The molecule has 0 bridgehead atoms. The van der Waals surface area contributed by atoms with Crippen LogP contribution in [0.15, 0.2) is 48.5 Å². The number of nitrogens with zero attached hydrogens (tertiary/aromatic N) is 1. The molecule has 1 amide bonds. The molecule has 0 radical (unpaired) electrons. The van der Waals surface area contributed by atoms with Crippen LogP contribution in [0.4, 0.5) is 5.69 Å². The highest BCUT2D eigenvalue weighted by Gasteiger charge is 2.13. The van der Waals surface area contributed by atoms with Gasteiger partial charge in [0.05, 0.1) is 13.2 Å². The number of carbonyl (C=O) groups is 1. The van der Waals surface area contributed by atoms with Crippen molar-refractivity contribution in [1.82, 2.24) is 0 Å². The van der Waals surface area contributed by atoms with E-state index in [1.807, 2.05) is 30.3 Å². The lowest BCUT2D eigenvalue weighted by Crippen LogP contribution is -2.36. The number of hydrogen-bond acceptors (Lipinski definition) is 3. The quantitative estimate of drug-likeness (QED) is 0.939. The molecular weight excluding hydrogens is 264 g/mol. The van der Waals surface area contributed by atoms with Crippen LogP contribution in [0.25, 0.3) is 11.1 Å². The molecule has 2 N–H and O–H groups in total. The van der Waals surface area contributed by atoms with Gasteiger partial charge in [0.25, 0.3) is 0 Å². The van der Waals surface area contributed by atoms with Gasteiger partial charge in [-0.25, -0.2) is 0 Å². The van der Waals surface area contributed by atoms with Crippen molar-refractivity contribution in [2.24, 2.45) is 5.73 Å². The SMILES string of the molecule is NC(=O)c1ccccc1-c1cccc(N2CCOCC2)c1. The average Bonchev–Trinajstić information content (AvgIpc) is 2.56. The Balaban J connectivity index is 1.98. The molecule has 1 fully saturated rings. The van der Waals surface area contributed by atoms with Crippen molar-refractivity contribution in [2.75, 3.05) is 31.2 Å². The molecular formula is C17H18N2O2. The maximum atomic E-state index is 11.6. The molecule has 4 heteroatoms. The molecule has 4 nitrogen and oxygen atoms in total. The summed E-state index contributed by atoms with van der Waals surface area (Å²) in [6.45, 7) is 3.28. The Labute approximate surface area is 124 Å². The van der Waals surface area contributed by atoms with E-state index < -0.39 is 5.91 Å². The van der Waals surface area contributed by atoms with Crippen molar-refractivity contribution >= 4 is 11.6 Å². The number of amides is 1. The number of morpholine rings is 1. The molecule has 1 saturated heterocycles. The van der Waals surface area contributed by atoms with Crippen molar-refractivity contribution in [3.63, 3.8) is 0 Å². The van der Waals surface area contributed by atoms with Gasteiger partial charge in [0.1, 0.15) is 0 Å². The van der Waals surface area contributed by atoms with Gasteiger partial charge in [-0.1, -0.05) is 30.3 Å². The predicted molar refractivity (Wildman–Crippen MR) is 83.4 cm³/mol. The summed E-state index contributed by atoms with van der Waals surface area (Å²) in [7, 11) is 0. The molecule has 1 aliphatic heterocycles. The third-order valence-corrected chi connectivity index (χ3v) is 3.73. The molecule has 2 aromatic carbocycles. The zero-order valence-corrected chi connectivity index (χ0v) is 11.8. The largest absolute Gasteiger partial charge is 0.378 e. The predicted octanol–water partition coefficient (Wildman–Crippen LogP) is 2.29. The van der Waals surface area contributed by atoms with Crippen LogP contribution in [0.5, 0.6) is 0 Å². The van der Waals surface area contributed by atoms with Crippen molar-refractivity contribution in [1.29, 1.82) is 0 Å². The van der Waals surface area contributed by atoms with E-state index >= 15 is 0 Å². The summed E-state index contributed by atoms with van der Waals surface area (Å²) in [6, 6.07) is 15.6. The van der Waals surface area contributed by atoms with Crippen LogP contribution in [-0.4, -0.2) is 32.2 Å². The number of carbonyl (C=O) groups excluding carboxylic acids is 1. The van der Waals surface area contributed by atoms with Gasteiger partial charge in [0, 0.05) is 24.3 Å². The normalized spacial score (nSPS) is 15.0. The van der Waals surface area contributed by atoms with E-state index in [1.54, 1.807) is 6.07 Å². The minimum atomic E-state index is -0.401. The Morgan fingerprint density at radius 3 is 2.57 bits per heavy atom. The Bertz CT molecular complexity index is 649. The van der Waals surface area contributed by atoms with E-state index in [2.05, 4.69) is 17.0 Å². The third kappa shape index (κ3) is 2.90. The first-order chi connectivity index (χ1) is 10.3. The first kappa shape index (κ1) is 13.6. The lowest BCUT2D eigenvalue weighted by Gasteiger charge is -2.29. The summed E-state index contributed by atoms with van der Waals surface area (Å²) < 4.78 is 5.38. The molecule has 0 saturated carbocycles. The maximum Gasteiger partial charge on any atom is 0.249 e. The second-order valence-corrected chi connectivity index (χ2v) is 5.06.